The first-order valence-electron chi connectivity index (χ1n) is 7.96. The summed E-state index contributed by atoms with van der Waals surface area (Å²) in [6, 6.07) is 8.27. The topological polar surface area (TPSA) is 20.3 Å². The molecular formula is C18H31NO. The molecule has 0 saturated heterocycles. The average molecular weight is 277 g/mol. The molecule has 2 nitrogen and oxygen atoms in total. The number of anilines is 1. The van der Waals surface area contributed by atoms with Gasteiger partial charge in [0.05, 0.1) is 0 Å². The fraction of sp³-hybridized carbons (Fsp3) is 0.611. The minimum absolute atomic E-state index is 0.182. The van der Waals surface area contributed by atoms with Crippen molar-refractivity contribution in [3.63, 3.8) is 0 Å². The highest BCUT2D eigenvalue weighted by Crippen LogP contribution is 2.39. The van der Waals surface area contributed by atoms with Gasteiger partial charge in [0.1, 0.15) is 0 Å². The number of rotatable bonds is 1. The van der Waals surface area contributed by atoms with E-state index >= 15 is 0 Å². The summed E-state index contributed by atoms with van der Waals surface area (Å²) >= 11 is 0. The second kappa shape index (κ2) is 8.78. The second-order valence-corrected chi connectivity index (χ2v) is 5.05. The molecule has 0 radical (unpaired) electrons. The van der Waals surface area contributed by atoms with Crippen LogP contribution in [-0.4, -0.2) is 12.5 Å². The zero-order valence-electron chi connectivity index (χ0n) is 14.3. The minimum atomic E-state index is 0.182. The molecule has 0 spiro atoms. The smallest absolute Gasteiger partial charge is 0.226 e. The summed E-state index contributed by atoms with van der Waals surface area (Å²) in [6.45, 7) is 15.3. The van der Waals surface area contributed by atoms with Gasteiger partial charge in [0.25, 0.3) is 0 Å². The number of amides is 1. The van der Waals surface area contributed by atoms with Gasteiger partial charge >= 0.3 is 0 Å². The van der Waals surface area contributed by atoms with Crippen LogP contribution in [0.15, 0.2) is 24.3 Å². The van der Waals surface area contributed by atoms with Crippen molar-refractivity contribution in [3.8, 4) is 0 Å². The molecule has 0 unspecified atom stereocenters. The Labute approximate surface area is 125 Å². The van der Waals surface area contributed by atoms with Crippen molar-refractivity contribution in [2.24, 2.45) is 0 Å². The molecule has 0 aliphatic carbocycles. The van der Waals surface area contributed by atoms with Crippen LogP contribution in [0.5, 0.6) is 0 Å². The van der Waals surface area contributed by atoms with E-state index in [1.54, 1.807) is 0 Å². The molecule has 0 fully saturated rings. The molecule has 114 valence electrons. The number of carbonyl (C=O) groups is 1. The predicted octanol–water partition coefficient (Wildman–Crippen LogP) is 5.16. The highest BCUT2D eigenvalue weighted by Gasteiger charge is 2.32. The predicted molar refractivity (Wildman–Crippen MR) is 89.4 cm³/mol. The highest BCUT2D eigenvalue weighted by atomic mass is 16.2. The molecule has 0 atom stereocenters. The molecule has 1 aromatic rings. The summed E-state index contributed by atoms with van der Waals surface area (Å²) in [5.41, 5.74) is 2.58. The lowest BCUT2D eigenvalue weighted by Crippen LogP contribution is -2.40. The summed E-state index contributed by atoms with van der Waals surface area (Å²) in [4.78, 5) is 13.8. The fourth-order valence-electron chi connectivity index (χ4n) is 2.38. The molecule has 1 aliphatic rings. The Kier molecular flexibility index (Phi) is 8.21. The van der Waals surface area contributed by atoms with Crippen molar-refractivity contribution in [2.75, 3.05) is 11.4 Å². The van der Waals surface area contributed by atoms with E-state index < -0.39 is 0 Å². The van der Waals surface area contributed by atoms with Crippen LogP contribution in [-0.2, 0) is 10.2 Å². The lowest BCUT2D eigenvalue weighted by Gasteiger charge is -2.39. The van der Waals surface area contributed by atoms with Crippen LogP contribution in [0.25, 0.3) is 0 Å². The zero-order valence-corrected chi connectivity index (χ0v) is 14.3. The van der Waals surface area contributed by atoms with Crippen molar-refractivity contribution in [3.05, 3.63) is 29.8 Å². The SMILES string of the molecule is CC.CC.CCC(=O)N1CCC(C)(C)c2ccccc21. The molecule has 2 heteroatoms. The molecule has 0 saturated carbocycles. The molecule has 1 heterocycles. The second-order valence-electron chi connectivity index (χ2n) is 5.05. The Balaban J connectivity index is 0.000000829. The van der Waals surface area contributed by atoms with Crippen LogP contribution in [0.2, 0.25) is 0 Å². The van der Waals surface area contributed by atoms with Gasteiger partial charge in [0, 0.05) is 18.7 Å². The van der Waals surface area contributed by atoms with Gasteiger partial charge in [-0.3, -0.25) is 4.79 Å². The number of para-hydroxylation sites is 1. The molecular weight excluding hydrogens is 246 g/mol. The Morgan fingerprint density at radius 1 is 1.15 bits per heavy atom. The minimum Gasteiger partial charge on any atom is -0.312 e. The van der Waals surface area contributed by atoms with Crippen LogP contribution in [0.3, 0.4) is 0 Å². The summed E-state index contributed by atoms with van der Waals surface area (Å²) in [7, 11) is 0. The van der Waals surface area contributed by atoms with E-state index in [2.05, 4.69) is 32.0 Å². The molecule has 20 heavy (non-hydrogen) atoms. The van der Waals surface area contributed by atoms with E-state index in [0.29, 0.717) is 6.42 Å². The highest BCUT2D eigenvalue weighted by molar-refractivity contribution is 5.94. The standard InChI is InChI=1S/C14H19NO.2C2H6/c1-4-13(16)15-10-9-14(2,3)11-7-5-6-8-12(11)15;2*1-2/h5-8H,4,9-10H2,1-3H3;2*1-2H3. The average Bonchev–Trinajstić information content (AvgIpc) is 2.51. The van der Waals surface area contributed by atoms with Crippen LogP contribution in [0, 0.1) is 0 Å². The van der Waals surface area contributed by atoms with E-state index in [4.69, 9.17) is 0 Å². The van der Waals surface area contributed by atoms with Gasteiger partial charge in [0.2, 0.25) is 5.91 Å². The Hall–Kier alpha value is -1.31. The number of carbonyl (C=O) groups excluding carboxylic acids is 1. The van der Waals surface area contributed by atoms with Gasteiger partial charge in [-0.05, 0) is 23.5 Å². The van der Waals surface area contributed by atoms with E-state index in [1.807, 2.05) is 45.6 Å². The van der Waals surface area contributed by atoms with E-state index in [9.17, 15) is 4.79 Å². The molecule has 1 amide bonds. The van der Waals surface area contributed by atoms with Gasteiger partial charge in [-0.25, -0.2) is 0 Å². The summed E-state index contributed by atoms with van der Waals surface area (Å²) in [5, 5.41) is 0. The Morgan fingerprint density at radius 2 is 1.70 bits per heavy atom. The zero-order chi connectivity index (χ0) is 15.8. The Bertz CT molecular complexity index is 410. The lowest BCUT2D eigenvalue weighted by atomic mass is 9.77. The number of fused-ring (bicyclic) bond motifs is 1. The van der Waals surface area contributed by atoms with Crippen molar-refractivity contribution in [1.29, 1.82) is 0 Å². The van der Waals surface area contributed by atoms with Crippen molar-refractivity contribution in [2.45, 2.75) is 66.7 Å². The first-order chi connectivity index (χ1) is 9.56. The third-order valence-corrected chi connectivity index (χ3v) is 3.49. The summed E-state index contributed by atoms with van der Waals surface area (Å²) in [6.07, 6.45) is 1.62. The van der Waals surface area contributed by atoms with E-state index in [1.165, 1.54) is 5.56 Å². The van der Waals surface area contributed by atoms with Gasteiger partial charge in [0.15, 0.2) is 0 Å². The Morgan fingerprint density at radius 3 is 2.25 bits per heavy atom. The fourth-order valence-corrected chi connectivity index (χ4v) is 2.38. The number of hydrogen-bond acceptors (Lipinski definition) is 1. The molecule has 1 aromatic carbocycles. The van der Waals surface area contributed by atoms with Crippen LogP contribution >= 0.6 is 0 Å². The van der Waals surface area contributed by atoms with E-state index in [-0.39, 0.29) is 11.3 Å². The van der Waals surface area contributed by atoms with Gasteiger partial charge in [-0.2, -0.15) is 0 Å². The number of hydrogen-bond donors (Lipinski definition) is 0. The third-order valence-electron chi connectivity index (χ3n) is 3.49. The van der Waals surface area contributed by atoms with Crippen molar-refractivity contribution < 1.29 is 4.79 Å². The van der Waals surface area contributed by atoms with Crippen LogP contribution in [0.4, 0.5) is 5.69 Å². The first-order valence-corrected chi connectivity index (χ1v) is 7.96. The van der Waals surface area contributed by atoms with E-state index in [0.717, 1.165) is 18.7 Å². The third kappa shape index (κ3) is 4.09. The molecule has 0 aromatic heterocycles. The lowest BCUT2D eigenvalue weighted by molar-refractivity contribution is -0.118. The summed E-state index contributed by atoms with van der Waals surface area (Å²) in [5.74, 6) is 0.225. The first kappa shape index (κ1) is 18.7. The number of benzene rings is 1. The van der Waals surface area contributed by atoms with Crippen molar-refractivity contribution >= 4 is 11.6 Å². The van der Waals surface area contributed by atoms with Crippen LogP contribution in [0.1, 0.15) is 66.9 Å². The molecule has 0 N–H and O–H groups in total. The van der Waals surface area contributed by atoms with Gasteiger partial charge in [-0.15, -0.1) is 0 Å². The maximum Gasteiger partial charge on any atom is 0.226 e. The monoisotopic (exact) mass is 277 g/mol. The maximum absolute atomic E-state index is 11.9. The van der Waals surface area contributed by atoms with Crippen LogP contribution < -0.4 is 4.90 Å². The molecule has 1 aliphatic heterocycles. The van der Waals surface area contributed by atoms with Crippen molar-refractivity contribution in [1.82, 2.24) is 0 Å². The maximum atomic E-state index is 11.9. The normalized spacial score (nSPS) is 15.1. The molecule has 0 bridgehead atoms. The largest absolute Gasteiger partial charge is 0.312 e. The van der Waals surface area contributed by atoms with Gasteiger partial charge < -0.3 is 4.90 Å². The number of nitrogens with zero attached hydrogens (tertiary/aromatic N) is 1. The quantitative estimate of drug-likeness (QED) is 0.694. The summed E-state index contributed by atoms with van der Waals surface area (Å²) < 4.78 is 0. The van der Waals surface area contributed by atoms with Gasteiger partial charge in [-0.1, -0.05) is 66.7 Å². The molecule has 2 rings (SSSR count).